The van der Waals surface area contributed by atoms with Crippen LogP contribution in [0.25, 0.3) is 0 Å². The van der Waals surface area contributed by atoms with E-state index in [-0.39, 0.29) is 59.2 Å². The van der Waals surface area contributed by atoms with Gasteiger partial charge in [0.2, 0.25) is 0 Å². The molecule has 0 aliphatic heterocycles. The maximum atomic E-state index is 10.2. The summed E-state index contributed by atoms with van der Waals surface area (Å²) in [6.07, 6.45) is 10.1. The van der Waals surface area contributed by atoms with Gasteiger partial charge in [0.05, 0.1) is 30.1 Å². The average molecular weight is 591 g/mol. The quantitative estimate of drug-likeness (QED) is 0.138. The third-order valence-corrected chi connectivity index (χ3v) is 7.11. The van der Waals surface area contributed by atoms with E-state index in [1.807, 2.05) is 6.08 Å². The zero-order chi connectivity index (χ0) is 25.8. The van der Waals surface area contributed by atoms with Crippen LogP contribution in [0.3, 0.4) is 0 Å². The van der Waals surface area contributed by atoms with E-state index in [2.05, 4.69) is 6.58 Å². The molecule has 2 aromatic rings. The molecule has 0 radical (unpaired) electrons. The summed E-state index contributed by atoms with van der Waals surface area (Å²) in [6, 6.07) is 2.63. The van der Waals surface area contributed by atoms with Crippen molar-refractivity contribution < 1.29 is 20.1 Å². The number of phenolic OH excluding ortho intramolecular Hbond substituents is 2. The lowest BCUT2D eigenvalue weighted by molar-refractivity contribution is -0.137. The van der Waals surface area contributed by atoms with E-state index >= 15 is 0 Å². The summed E-state index contributed by atoms with van der Waals surface area (Å²) in [5, 5.41) is 29.0. The van der Waals surface area contributed by atoms with Crippen LogP contribution in [0, 0.1) is 0 Å². The SMILES string of the molecule is C=CCCCCCCCCC(=O)O.Oc1c(Cl)cc(Cl)c(Cl)c1Cc1c(O)c(Cl)cc(Cl)c1Cl. The summed E-state index contributed by atoms with van der Waals surface area (Å²) in [7, 11) is 0. The standard InChI is InChI=1S/C13H6Cl6O2.C11H20O2/c14-6-2-8(16)12(20)4(10(6)18)1-5-11(19)7(15)3-9(17)13(5)21;1-2-3-4-5-6-7-8-9-10-11(12)13/h2-3,20-21H,1H2;2H,1,3-10H2,(H,12,13). The lowest BCUT2D eigenvalue weighted by atomic mass is 10.0. The van der Waals surface area contributed by atoms with Crippen molar-refractivity contribution in [3.63, 3.8) is 0 Å². The Balaban J connectivity index is 0.000000385. The van der Waals surface area contributed by atoms with Crippen LogP contribution in [0.5, 0.6) is 11.5 Å². The number of aromatic hydroxyl groups is 2. The van der Waals surface area contributed by atoms with E-state index in [1.54, 1.807) is 0 Å². The lowest BCUT2D eigenvalue weighted by Crippen LogP contribution is -1.95. The Morgan fingerprint density at radius 3 is 1.56 bits per heavy atom. The van der Waals surface area contributed by atoms with Crippen LogP contribution >= 0.6 is 69.6 Å². The molecule has 2 aromatic carbocycles. The van der Waals surface area contributed by atoms with Crippen LogP contribution in [0.15, 0.2) is 24.8 Å². The number of carboxylic acids is 1. The fourth-order valence-corrected chi connectivity index (χ4v) is 4.47. The van der Waals surface area contributed by atoms with E-state index in [0.29, 0.717) is 6.42 Å². The van der Waals surface area contributed by atoms with Gasteiger partial charge in [-0.05, 0) is 31.4 Å². The molecule has 0 spiro atoms. The number of allylic oxidation sites excluding steroid dienone is 1. The Kier molecular flexibility index (Phi) is 14.5. The third kappa shape index (κ3) is 9.93. The molecule has 0 bridgehead atoms. The molecule has 34 heavy (non-hydrogen) atoms. The van der Waals surface area contributed by atoms with Crippen LogP contribution < -0.4 is 0 Å². The Hall–Kier alpha value is -1.01. The average Bonchev–Trinajstić information content (AvgIpc) is 2.78. The van der Waals surface area contributed by atoms with Gasteiger partial charge >= 0.3 is 5.97 Å². The highest BCUT2D eigenvalue weighted by atomic mass is 35.5. The maximum Gasteiger partial charge on any atom is 0.303 e. The van der Waals surface area contributed by atoms with Crippen molar-refractivity contribution in [3.05, 3.63) is 66.1 Å². The molecule has 0 aliphatic rings. The molecule has 0 fully saturated rings. The van der Waals surface area contributed by atoms with E-state index in [9.17, 15) is 15.0 Å². The molecule has 3 N–H and O–H groups in total. The second-order valence-electron chi connectivity index (χ2n) is 7.48. The van der Waals surface area contributed by atoms with Gasteiger partial charge in [-0.15, -0.1) is 6.58 Å². The zero-order valence-electron chi connectivity index (χ0n) is 18.3. The van der Waals surface area contributed by atoms with Crippen molar-refractivity contribution in [2.75, 3.05) is 0 Å². The van der Waals surface area contributed by atoms with Gasteiger partial charge in [0, 0.05) is 24.0 Å². The fourth-order valence-electron chi connectivity index (χ4n) is 3.04. The predicted molar refractivity (Wildman–Crippen MR) is 144 cm³/mol. The van der Waals surface area contributed by atoms with E-state index < -0.39 is 5.97 Å². The molecule has 0 saturated carbocycles. The molecule has 0 atom stereocenters. The second-order valence-corrected chi connectivity index (χ2v) is 9.87. The number of hydrogen-bond acceptors (Lipinski definition) is 3. The smallest absolute Gasteiger partial charge is 0.303 e. The maximum absolute atomic E-state index is 10.2. The normalized spacial score (nSPS) is 10.5. The number of benzene rings is 2. The molecule has 10 heteroatoms. The summed E-state index contributed by atoms with van der Waals surface area (Å²) in [4.78, 5) is 10.2. The Morgan fingerprint density at radius 2 is 1.15 bits per heavy atom. The molecule has 2 rings (SSSR count). The van der Waals surface area contributed by atoms with Crippen molar-refractivity contribution in [2.24, 2.45) is 0 Å². The first-order valence-corrected chi connectivity index (χ1v) is 12.8. The number of unbranched alkanes of at least 4 members (excludes halogenated alkanes) is 6. The minimum atomic E-state index is -0.674. The fraction of sp³-hybridized carbons (Fsp3) is 0.375. The monoisotopic (exact) mass is 588 g/mol. The highest BCUT2D eigenvalue weighted by Gasteiger charge is 2.21. The van der Waals surface area contributed by atoms with Gasteiger partial charge in [-0.25, -0.2) is 0 Å². The van der Waals surface area contributed by atoms with Gasteiger partial charge in [0.25, 0.3) is 0 Å². The Bertz CT molecular complexity index is 880. The molecule has 0 aromatic heterocycles. The van der Waals surface area contributed by atoms with Crippen molar-refractivity contribution in [2.45, 2.75) is 57.8 Å². The third-order valence-electron chi connectivity index (χ3n) is 4.88. The highest BCUT2D eigenvalue weighted by Crippen LogP contribution is 2.44. The summed E-state index contributed by atoms with van der Waals surface area (Å²) in [6.45, 7) is 3.66. The minimum absolute atomic E-state index is 0.0307. The summed E-state index contributed by atoms with van der Waals surface area (Å²) in [5.41, 5.74) is 0.425. The van der Waals surface area contributed by atoms with Crippen molar-refractivity contribution in [1.82, 2.24) is 0 Å². The summed E-state index contributed by atoms with van der Waals surface area (Å²) < 4.78 is 0. The molecule has 0 amide bonds. The number of rotatable bonds is 11. The zero-order valence-corrected chi connectivity index (χ0v) is 22.9. The molecule has 188 valence electrons. The topological polar surface area (TPSA) is 77.8 Å². The molecule has 0 unspecified atom stereocenters. The summed E-state index contributed by atoms with van der Waals surface area (Å²) in [5.74, 6) is -1.18. The molecule has 0 saturated heterocycles. The number of halogens is 6. The number of carbonyl (C=O) groups is 1. The van der Waals surface area contributed by atoms with Crippen LogP contribution in [-0.2, 0) is 11.2 Å². The highest BCUT2D eigenvalue weighted by molar-refractivity contribution is 6.45. The van der Waals surface area contributed by atoms with Crippen LogP contribution in [0.1, 0.15) is 62.5 Å². The Labute approximate surface area is 230 Å². The Morgan fingerprint density at radius 1 is 0.735 bits per heavy atom. The van der Waals surface area contributed by atoms with Gasteiger partial charge in [0.1, 0.15) is 11.5 Å². The number of hydrogen-bond donors (Lipinski definition) is 3. The first-order valence-electron chi connectivity index (χ1n) is 10.5. The molecular formula is C24H26Cl6O4. The van der Waals surface area contributed by atoms with E-state index in [4.69, 9.17) is 74.7 Å². The second kappa shape index (κ2) is 15.9. The van der Waals surface area contributed by atoms with Gasteiger partial charge < -0.3 is 15.3 Å². The number of carboxylic acid groups (broad SMARTS) is 1. The van der Waals surface area contributed by atoms with Gasteiger partial charge in [-0.2, -0.15) is 0 Å². The molecule has 4 nitrogen and oxygen atoms in total. The molecule has 0 heterocycles. The van der Waals surface area contributed by atoms with Crippen LogP contribution in [0.2, 0.25) is 30.1 Å². The van der Waals surface area contributed by atoms with Gasteiger partial charge in [-0.1, -0.05) is 101 Å². The first-order chi connectivity index (χ1) is 16.0. The lowest BCUT2D eigenvalue weighted by Gasteiger charge is -2.14. The number of phenols is 2. The number of aliphatic carboxylic acids is 1. The van der Waals surface area contributed by atoms with Crippen LogP contribution in [-0.4, -0.2) is 21.3 Å². The minimum Gasteiger partial charge on any atom is -0.506 e. The first kappa shape index (κ1) is 31.0. The van der Waals surface area contributed by atoms with Gasteiger partial charge in [-0.3, -0.25) is 4.79 Å². The van der Waals surface area contributed by atoms with Gasteiger partial charge in [0.15, 0.2) is 0 Å². The van der Waals surface area contributed by atoms with Crippen LogP contribution in [0.4, 0.5) is 0 Å². The van der Waals surface area contributed by atoms with E-state index in [0.717, 1.165) is 19.3 Å². The molecular weight excluding hydrogens is 565 g/mol. The van der Waals surface area contributed by atoms with Crippen molar-refractivity contribution in [1.29, 1.82) is 0 Å². The largest absolute Gasteiger partial charge is 0.506 e. The van der Waals surface area contributed by atoms with Crippen molar-refractivity contribution >= 4 is 75.6 Å². The van der Waals surface area contributed by atoms with E-state index in [1.165, 1.54) is 37.8 Å². The predicted octanol–water partition coefficient (Wildman–Crippen LogP) is 9.99. The summed E-state index contributed by atoms with van der Waals surface area (Å²) >= 11 is 35.7. The van der Waals surface area contributed by atoms with Crippen molar-refractivity contribution in [3.8, 4) is 11.5 Å². The molecule has 0 aliphatic carbocycles.